The van der Waals surface area contributed by atoms with Gasteiger partial charge in [-0.05, 0) is 19.1 Å². The monoisotopic (exact) mass is 337 g/mol. The first-order chi connectivity index (χ1) is 11.1. The number of benzene rings is 1. The third-order valence-electron chi connectivity index (χ3n) is 2.87. The summed E-state index contributed by atoms with van der Waals surface area (Å²) in [6, 6.07) is 3.27. The minimum absolute atomic E-state index is 0.0738. The van der Waals surface area contributed by atoms with Gasteiger partial charge in [0.15, 0.2) is 17.2 Å². The highest BCUT2D eigenvalue weighted by atomic mass is 35.5. The predicted molar refractivity (Wildman–Crippen MR) is 85.0 cm³/mol. The first-order valence-corrected chi connectivity index (χ1v) is 7.19. The highest BCUT2D eigenvalue weighted by Crippen LogP contribution is 2.39. The van der Waals surface area contributed by atoms with Gasteiger partial charge in [0, 0.05) is 5.56 Å². The molecule has 23 heavy (non-hydrogen) atoms. The van der Waals surface area contributed by atoms with Crippen molar-refractivity contribution in [3.63, 3.8) is 0 Å². The van der Waals surface area contributed by atoms with Gasteiger partial charge in [0.1, 0.15) is 12.3 Å². The van der Waals surface area contributed by atoms with Gasteiger partial charge in [-0.1, -0.05) is 24.3 Å². The molecule has 0 saturated carbocycles. The molecule has 0 aliphatic rings. The van der Waals surface area contributed by atoms with E-state index in [1.54, 1.807) is 25.1 Å². The number of nitrogens with one attached hydrogen (secondary N) is 1. The molecule has 2 aromatic rings. The summed E-state index contributed by atoms with van der Waals surface area (Å²) in [6.07, 6.45) is 1.60. The number of methoxy groups -OCH3 is 1. The van der Waals surface area contributed by atoms with Crippen LogP contribution in [0, 0.1) is 0 Å². The van der Waals surface area contributed by atoms with Crippen LogP contribution < -0.4 is 9.47 Å². The fourth-order valence-corrected chi connectivity index (χ4v) is 2.18. The average molecular weight is 338 g/mol. The standard InChI is InChI=1S/C15H16ClN3O4/c1-4-6-23-14-10(16)7-9(8-11(14)21-3)12-13(18-19-17-12)15(20)22-5-2/h4,7-8H,1,5-6H2,2-3H3,(H,17,18,19). The minimum Gasteiger partial charge on any atom is -0.493 e. The van der Waals surface area contributed by atoms with Crippen molar-refractivity contribution in [2.45, 2.75) is 6.92 Å². The summed E-state index contributed by atoms with van der Waals surface area (Å²) in [4.78, 5) is 11.9. The summed E-state index contributed by atoms with van der Waals surface area (Å²) >= 11 is 6.25. The van der Waals surface area contributed by atoms with Crippen LogP contribution in [-0.2, 0) is 4.74 Å². The molecule has 0 fully saturated rings. The van der Waals surface area contributed by atoms with Crippen molar-refractivity contribution < 1.29 is 19.0 Å². The zero-order valence-electron chi connectivity index (χ0n) is 12.8. The Morgan fingerprint density at radius 3 is 2.87 bits per heavy atom. The molecule has 0 aliphatic carbocycles. The number of esters is 1. The molecule has 1 aromatic heterocycles. The van der Waals surface area contributed by atoms with Gasteiger partial charge in [-0.3, -0.25) is 0 Å². The summed E-state index contributed by atoms with van der Waals surface area (Å²) < 4.78 is 15.7. The van der Waals surface area contributed by atoms with E-state index in [-0.39, 0.29) is 18.9 Å². The van der Waals surface area contributed by atoms with Crippen LogP contribution in [0.4, 0.5) is 0 Å². The van der Waals surface area contributed by atoms with Gasteiger partial charge in [-0.2, -0.15) is 10.3 Å². The maximum atomic E-state index is 11.9. The molecule has 0 saturated heterocycles. The lowest BCUT2D eigenvalue weighted by molar-refractivity contribution is 0.0520. The lowest BCUT2D eigenvalue weighted by Crippen LogP contribution is -2.07. The molecule has 0 radical (unpaired) electrons. The van der Waals surface area contributed by atoms with E-state index in [4.69, 9.17) is 25.8 Å². The van der Waals surface area contributed by atoms with Crippen molar-refractivity contribution >= 4 is 17.6 Å². The van der Waals surface area contributed by atoms with Crippen LogP contribution in [0.25, 0.3) is 11.3 Å². The third kappa shape index (κ3) is 3.62. The smallest absolute Gasteiger partial charge is 0.361 e. The number of H-pyrrole nitrogens is 1. The molecule has 8 heteroatoms. The van der Waals surface area contributed by atoms with E-state index in [0.717, 1.165) is 0 Å². The maximum absolute atomic E-state index is 11.9. The number of rotatable bonds is 7. The van der Waals surface area contributed by atoms with Gasteiger partial charge >= 0.3 is 5.97 Å². The van der Waals surface area contributed by atoms with Crippen LogP contribution in [-0.4, -0.2) is 41.7 Å². The van der Waals surface area contributed by atoms with Crippen molar-refractivity contribution in [2.75, 3.05) is 20.3 Å². The van der Waals surface area contributed by atoms with Crippen LogP contribution in [0.2, 0.25) is 5.02 Å². The van der Waals surface area contributed by atoms with Crippen LogP contribution in [0.15, 0.2) is 24.8 Å². The molecular formula is C15H16ClN3O4. The van der Waals surface area contributed by atoms with E-state index in [9.17, 15) is 4.79 Å². The van der Waals surface area contributed by atoms with E-state index < -0.39 is 5.97 Å². The quantitative estimate of drug-likeness (QED) is 0.617. The normalized spacial score (nSPS) is 10.2. The molecule has 122 valence electrons. The third-order valence-corrected chi connectivity index (χ3v) is 3.15. The highest BCUT2D eigenvalue weighted by Gasteiger charge is 2.21. The number of aromatic amines is 1. The molecule has 7 nitrogen and oxygen atoms in total. The number of hydrogen-bond acceptors (Lipinski definition) is 6. The van der Waals surface area contributed by atoms with Gasteiger partial charge in [0.25, 0.3) is 0 Å². The van der Waals surface area contributed by atoms with Gasteiger partial charge in [0.2, 0.25) is 0 Å². The second-order valence-corrected chi connectivity index (χ2v) is 4.74. The number of carbonyl (C=O) groups excluding carboxylic acids is 1. The summed E-state index contributed by atoms with van der Waals surface area (Å²) in [6.45, 7) is 5.82. The van der Waals surface area contributed by atoms with Crippen molar-refractivity contribution in [2.24, 2.45) is 0 Å². The van der Waals surface area contributed by atoms with E-state index in [0.29, 0.717) is 27.8 Å². The molecule has 2 rings (SSSR count). The summed E-state index contributed by atoms with van der Waals surface area (Å²) in [5.74, 6) is 0.226. The predicted octanol–water partition coefficient (Wildman–Crippen LogP) is 2.88. The number of nitrogens with zero attached hydrogens (tertiary/aromatic N) is 2. The molecule has 0 aliphatic heterocycles. The Morgan fingerprint density at radius 2 is 2.22 bits per heavy atom. The van der Waals surface area contributed by atoms with Gasteiger partial charge < -0.3 is 14.2 Å². The first kappa shape index (κ1) is 16.8. The Morgan fingerprint density at radius 1 is 1.43 bits per heavy atom. The molecule has 0 unspecified atom stereocenters. The lowest BCUT2D eigenvalue weighted by Gasteiger charge is -2.12. The molecule has 0 bridgehead atoms. The maximum Gasteiger partial charge on any atom is 0.361 e. The van der Waals surface area contributed by atoms with Crippen molar-refractivity contribution in [3.05, 3.63) is 35.5 Å². The molecule has 0 atom stereocenters. The highest BCUT2D eigenvalue weighted by molar-refractivity contribution is 6.32. The van der Waals surface area contributed by atoms with Gasteiger partial charge in [-0.15, -0.1) is 5.10 Å². The molecule has 0 spiro atoms. The number of halogens is 1. The molecule has 1 aromatic carbocycles. The van der Waals surface area contributed by atoms with Gasteiger partial charge in [0.05, 0.1) is 18.7 Å². The fraction of sp³-hybridized carbons (Fsp3) is 0.267. The zero-order chi connectivity index (χ0) is 16.8. The van der Waals surface area contributed by atoms with Crippen molar-refractivity contribution in [1.29, 1.82) is 0 Å². The number of ether oxygens (including phenoxy) is 3. The second kappa shape index (κ2) is 7.64. The van der Waals surface area contributed by atoms with E-state index in [2.05, 4.69) is 22.0 Å². The Bertz CT molecular complexity index is 715. The Labute approximate surface area is 138 Å². The van der Waals surface area contributed by atoms with Crippen LogP contribution >= 0.6 is 11.6 Å². The largest absolute Gasteiger partial charge is 0.493 e. The van der Waals surface area contributed by atoms with Crippen LogP contribution in [0.5, 0.6) is 11.5 Å². The summed E-state index contributed by atoms with van der Waals surface area (Å²) in [5, 5.41) is 10.6. The molecule has 1 N–H and O–H groups in total. The first-order valence-electron chi connectivity index (χ1n) is 6.81. The number of carbonyl (C=O) groups is 1. The van der Waals surface area contributed by atoms with E-state index in [1.165, 1.54) is 7.11 Å². The molecular weight excluding hydrogens is 322 g/mol. The Hall–Kier alpha value is -2.54. The number of hydrogen-bond donors (Lipinski definition) is 1. The summed E-state index contributed by atoms with van der Waals surface area (Å²) in [5.41, 5.74) is 0.943. The molecule has 0 amide bonds. The van der Waals surface area contributed by atoms with E-state index >= 15 is 0 Å². The van der Waals surface area contributed by atoms with Crippen molar-refractivity contribution in [3.8, 4) is 22.8 Å². The minimum atomic E-state index is -0.571. The lowest BCUT2D eigenvalue weighted by atomic mass is 10.1. The zero-order valence-corrected chi connectivity index (χ0v) is 13.5. The van der Waals surface area contributed by atoms with Gasteiger partial charge in [-0.25, -0.2) is 4.79 Å². The SMILES string of the molecule is C=CCOc1c(Cl)cc(-c2n[nH]nc2C(=O)OCC)cc1OC. The fourth-order valence-electron chi connectivity index (χ4n) is 1.91. The second-order valence-electron chi connectivity index (χ2n) is 4.33. The van der Waals surface area contributed by atoms with Crippen LogP contribution in [0.3, 0.4) is 0 Å². The van der Waals surface area contributed by atoms with Crippen molar-refractivity contribution in [1.82, 2.24) is 15.4 Å². The topological polar surface area (TPSA) is 86.3 Å². The Balaban J connectivity index is 2.45. The van der Waals surface area contributed by atoms with E-state index in [1.807, 2.05) is 0 Å². The molecule has 1 heterocycles. The summed E-state index contributed by atoms with van der Waals surface area (Å²) in [7, 11) is 1.49. The Kier molecular flexibility index (Phi) is 5.59. The average Bonchev–Trinajstić information content (AvgIpc) is 3.03. The number of aromatic nitrogens is 3. The van der Waals surface area contributed by atoms with Crippen LogP contribution in [0.1, 0.15) is 17.4 Å².